The number of nitrogens with zero attached hydrogens (tertiary/aromatic N) is 3. The molecule has 3 aromatic rings. The number of aryl methyl sites for hydroxylation is 1. The van der Waals surface area contributed by atoms with Gasteiger partial charge in [0.15, 0.2) is 11.6 Å². The lowest BCUT2D eigenvalue weighted by molar-refractivity contribution is 0.101. The van der Waals surface area contributed by atoms with Crippen LogP contribution in [-0.2, 0) is 6.54 Å². The lowest BCUT2D eigenvalue weighted by Crippen LogP contribution is -2.15. The zero-order chi connectivity index (χ0) is 19.9. The molecule has 0 saturated carbocycles. The van der Waals surface area contributed by atoms with E-state index in [2.05, 4.69) is 48.3 Å². The minimum atomic E-state index is -0.695. The Balaban J connectivity index is 2.18. The third-order valence-electron chi connectivity index (χ3n) is 4.57. The van der Waals surface area contributed by atoms with Crippen LogP contribution in [0.4, 0.5) is 0 Å². The minimum Gasteiger partial charge on any atom is -0.385 e. The molecule has 0 aliphatic carbocycles. The maximum Gasteiger partial charge on any atom is 0.161 e. The van der Waals surface area contributed by atoms with Crippen molar-refractivity contribution in [2.24, 2.45) is 5.41 Å². The van der Waals surface area contributed by atoms with Crippen molar-refractivity contribution in [3.8, 4) is 11.1 Å². The van der Waals surface area contributed by atoms with Crippen LogP contribution in [0, 0.1) is 12.3 Å². The Labute approximate surface area is 160 Å². The van der Waals surface area contributed by atoms with Crippen LogP contribution < -0.4 is 0 Å². The van der Waals surface area contributed by atoms with Crippen molar-refractivity contribution in [2.75, 3.05) is 0 Å². The van der Waals surface area contributed by atoms with Gasteiger partial charge in [-0.1, -0.05) is 20.8 Å². The van der Waals surface area contributed by atoms with Crippen molar-refractivity contribution in [3.63, 3.8) is 0 Å². The number of hydrogen-bond donors (Lipinski definition) is 1. The molecule has 0 aliphatic heterocycles. The molecule has 2 heterocycles. The Bertz CT molecular complexity index is 993. The molecule has 0 radical (unpaired) electrons. The molecular weight excluding hydrogens is 338 g/mol. The van der Waals surface area contributed by atoms with E-state index in [4.69, 9.17) is 0 Å². The summed E-state index contributed by atoms with van der Waals surface area (Å²) in [6.07, 6.45) is 4.71. The van der Waals surface area contributed by atoms with Gasteiger partial charge in [-0.2, -0.15) is 0 Å². The van der Waals surface area contributed by atoms with Crippen LogP contribution in [0.15, 0.2) is 30.7 Å². The van der Waals surface area contributed by atoms with Crippen molar-refractivity contribution in [1.29, 1.82) is 0 Å². The minimum absolute atomic E-state index is 0.0601. The van der Waals surface area contributed by atoms with E-state index in [1.54, 1.807) is 26.2 Å². The number of aromatic nitrogens is 3. The summed E-state index contributed by atoms with van der Waals surface area (Å²) < 4.78 is 2.19. The third-order valence-corrected chi connectivity index (χ3v) is 4.57. The second-order valence-corrected chi connectivity index (χ2v) is 8.48. The highest BCUT2D eigenvalue weighted by Gasteiger charge is 2.19. The fourth-order valence-corrected chi connectivity index (χ4v) is 3.44. The predicted molar refractivity (Wildman–Crippen MR) is 108 cm³/mol. The molecule has 5 nitrogen and oxygen atoms in total. The smallest absolute Gasteiger partial charge is 0.161 e. The van der Waals surface area contributed by atoms with E-state index in [1.807, 2.05) is 12.3 Å². The van der Waals surface area contributed by atoms with Crippen molar-refractivity contribution in [2.45, 2.75) is 54.2 Å². The summed E-state index contributed by atoms with van der Waals surface area (Å²) in [4.78, 5) is 20.7. The van der Waals surface area contributed by atoms with Crippen LogP contribution in [-0.4, -0.2) is 25.4 Å². The number of Topliss-reactive ketones (excluding diaryl/α,β-unsaturated/α-hetero) is 1. The Morgan fingerprint density at radius 2 is 1.81 bits per heavy atom. The van der Waals surface area contributed by atoms with Gasteiger partial charge in [-0.05, 0) is 49.4 Å². The largest absolute Gasteiger partial charge is 0.385 e. The molecule has 0 bridgehead atoms. The normalized spacial score (nSPS) is 13.1. The zero-order valence-corrected chi connectivity index (χ0v) is 16.9. The lowest BCUT2D eigenvalue weighted by atomic mass is 9.96. The standard InChI is InChI=1S/C22H27N3O2/c1-13-7-16(17-9-23-21(15(3)27)24-10-17)8-18-19(14(2)26)11-25(20(13)18)12-22(4,5)6/h7-11,15,27H,12H2,1-6H3. The van der Waals surface area contributed by atoms with E-state index in [-0.39, 0.29) is 11.2 Å². The average molecular weight is 365 g/mol. The first kappa shape index (κ1) is 19.2. The summed E-state index contributed by atoms with van der Waals surface area (Å²) in [6.45, 7) is 12.7. The highest BCUT2D eigenvalue weighted by Crippen LogP contribution is 2.32. The molecule has 142 valence electrons. The molecule has 0 aliphatic rings. The van der Waals surface area contributed by atoms with Crippen LogP contribution in [0.2, 0.25) is 0 Å². The quantitative estimate of drug-likeness (QED) is 0.680. The molecule has 0 saturated heterocycles. The highest BCUT2D eigenvalue weighted by molar-refractivity contribution is 6.08. The summed E-state index contributed by atoms with van der Waals surface area (Å²) in [5.41, 5.74) is 4.88. The van der Waals surface area contributed by atoms with Crippen LogP contribution >= 0.6 is 0 Å². The van der Waals surface area contributed by atoms with Crippen LogP contribution in [0.25, 0.3) is 22.0 Å². The van der Waals surface area contributed by atoms with Gasteiger partial charge in [0.25, 0.3) is 0 Å². The van der Waals surface area contributed by atoms with E-state index in [0.717, 1.165) is 39.7 Å². The molecule has 2 aromatic heterocycles. The maximum atomic E-state index is 12.3. The SMILES string of the molecule is CC(=O)c1cn(CC(C)(C)C)c2c(C)cc(-c3cnc(C(C)O)nc3)cc12. The van der Waals surface area contributed by atoms with E-state index < -0.39 is 6.10 Å². The van der Waals surface area contributed by atoms with Crippen molar-refractivity contribution in [3.05, 3.63) is 47.7 Å². The van der Waals surface area contributed by atoms with E-state index in [0.29, 0.717) is 5.82 Å². The van der Waals surface area contributed by atoms with Gasteiger partial charge in [0.1, 0.15) is 6.10 Å². The van der Waals surface area contributed by atoms with Crippen LogP contribution in [0.3, 0.4) is 0 Å². The molecule has 1 atom stereocenters. The Morgan fingerprint density at radius 3 is 2.33 bits per heavy atom. The summed E-state index contributed by atoms with van der Waals surface area (Å²) >= 11 is 0. The van der Waals surface area contributed by atoms with E-state index >= 15 is 0 Å². The number of fused-ring (bicyclic) bond motifs is 1. The molecule has 1 unspecified atom stereocenters. The first-order valence-electron chi connectivity index (χ1n) is 9.21. The van der Waals surface area contributed by atoms with E-state index in [1.165, 1.54) is 0 Å². The molecular formula is C22H27N3O2. The molecule has 3 rings (SSSR count). The molecule has 0 spiro atoms. The maximum absolute atomic E-state index is 12.3. The van der Waals surface area contributed by atoms with Gasteiger partial charge in [0.05, 0.1) is 5.52 Å². The van der Waals surface area contributed by atoms with Crippen LogP contribution in [0.5, 0.6) is 0 Å². The molecule has 1 N–H and O–H groups in total. The molecule has 0 fully saturated rings. The lowest BCUT2D eigenvalue weighted by Gasteiger charge is -2.20. The summed E-state index contributed by atoms with van der Waals surface area (Å²) in [5.74, 6) is 0.460. The summed E-state index contributed by atoms with van der Waals surface area (Å²) in [7, 11) is 0. The van der Waals surface area contributed by atoms with Gasteiger partial charge >= 0.3 is 0 Å². The number of aliphatic hydroxyl groups is 1. The fourth-order valence-electron chi connectivity index (χ4n) is 3.44. The molecule has 0 amide bonds. The zero-order valence-electron chi connectivity index (χ0n) is 16.9. The third kappa shape index (κ3) is 3.93. The van der Waals surface area contributed by atoms with Gasteiger partial charge in [0, 0.05) is 41.6 Å². The Hall–Kier alpha value is -2.53. The van der Waals surface area contributed by atoms with Crippen molar-refractivity contribution in [1.82, 2.24) is 14.5 Å². The topological polar surface area (TPSA) is 68.0 Å². The number of ketones is 1. The Morgan fingerprint density at radius 1 is 1.19 bits per heavy atom. The second-order valence-electron chi connectivity index (χ2n) is 8.48. The molecule has 1 aromatic carbocycles. The average Bonchev–Trinajstić information content (AvgIpc) is 2.92. The summed E-state index contributed by atoms with van der Waals surface area (Å²) in [6, 6.07) is 4.14. The first-order valence-corrected chi connectivity index (χ1v) is 9.21. The van der Waals surface area contributed by atoms with Crippen molar-refractivity contribution < 1.29 is 9.90 Å². The van der Waals surface area contributed by atoms with Gasteiger partial charge < -0.3 is 9.67 Å². The van der Waals surface area contributed by atoms with Gasteiger partial charge in [-0.15, -0.1) is 0 Å². The predicted octanol–water partition coefficient (Wildman–Crippen LogP) is 4.71. The number of rotatable bonds is 4. The number of carbonyl (C=O) groups is 1. The first-order chi connectivity index (χ1) is 12.6. The number of hydrogen-bond acceptors (Lipinski definition) is 4. The van der Waals surface area contributed by atoms with Crippen LogP contribution in [0.1, 0.15) is 62.5 Å². The summed E-state index contributed by atoms with van der Waals surface area (Å²) in [5, 5.41) is 10.6. The molecule has 27 heavy (non-hydrogen) atoms. The van der Waals surface area contributed by atoms with Gasteiger partial charge in [-0.3, -0.25) is 4.79 Å². The fraction of sp³-hybridized carbons (Fsp3) is 0.409. The highest BCUT2D eigenvalue weighted by atomic mass is 16.3. The number of aliphatic hydroxyl groups excluding tert-OH is 1. The molecule has 5 heteroatoms. The van der Waals surface area contributed by atoms with E-state index in [9.17, 15) is 9.90 Å². The van der Waals surface area contributed by atoms with Gasteiger partial charge in [0.2, 0.25) is 0 Å². The second kappa shape index (κ2) is 6.89. The Kier molecular flexibility index (Phi) is 4.91. The number of carbonyl (C=O) groups excluding carboxylic acids is 1. The van der Waals surface area contributed by atoms with Gasteiger partial charge in [-0.25, -0.2) is 9.97 Å². The van der Waals surface area contributed by atoms with Crippen molar-refractivity contribution >= 4 is 16.7 Å². The number of benzene rings is 1. The monoisotopic (exact) mass is 365 g/mol.